The molecule has 0 spiro atoms. The number of halogens is 1. The topological polar surface area (TPSA) is 53.9 Å². The van der Waals surface area contributed by atoms with Gasteiger partial charge in [-0.3, -0.25) is 9.79 Å². The Hall–Kier alpha value is -1.27. The lowest BCUT2D eigenvalue weighted by Crippen LogP contribution is -2.41. The average Bonchev–Trinajstić information content (AvgIpc) is 3.09. The molecule has 0 bridgehead atoms. The predicted octanol–water partition coefficient (Wildman–Crippen LogP) is 2.26. The molecule has 1 N–H and O–H groups in total. The summed E-state index contributed by atoms with van der Waals surface area (Å²) in [4.78, 5) is 19.4. The molecule has 5 nitrogen and oxygen atoms in total. The molecule has 0 radical (unpaired) electrons. The second-order valence-corrected chi connectivity index (χ2v) is 7.24. The lowest BCUT2D eigenvalue weighted by molar-refractivity contribution is -0.145. The van der Waals surface area contributed by atoms with E-state index in [1.165, 1.54) is 12.0 Å². The minimum absolute atomic E-state index is 0.0837. The van der Waals surface area contributed by atoms with E-state index >= 15 is 0 Å². The van der Waals surface area contributed by atoms with Gasteiger partial charge in [0.15, 0.2) is 5.96 Å². The van der Waals surface area contributed by atoms with E-state index in [1.54, 1.807) is 18.4 Å². The van der Waals surface area contributed by atoms with Gasteiger partial charge in [0.25, 0.3) is 0 Å². The van der Waals surface area contributed by atoms with Crippen LogP contribution in [0.2, 0.25) is 4.34 Å². The molecule has 22 heavy (non-hydrogen) atoms. The highest BCUT2D eigenvalue weighted by atomic mass is 35.5. The van der Waals surface area contributed by atoms with Crippen LogP contribution in [0, 0.1) is 11.8 Å². The highest BCUT2D eigenvalue weighted by molar-refractivity contribution is 7.16. The molecule has 2 heterocycles. The third kappa shape index (κ3) is 4.14. The van der Waals surface area contributed by atoms with E-state index in [2.05, 4.69) is 22.1 Å². The van der Waals surface area contributed by atoms with E-state index in [0.29, 0.717) is 6.54 Å². The van der Waals surface area contributed by atoms with Crippen LogP contribution < -0.4 is 5.32 Å². The number of carbonyl (C=O) groups is 1. The smallest absolute Gasteiger partial charge is 0.310 e. The Bertz CT molecular complexity index is 547. The number of hydrogen-bond donors (Lipinski definition) is 1. The highest BCUT2D eigenvalue weighted by Crippen LogP contribution is 2.24. The Morgan fingerprint density at radius 2 is 2.32 bits per heavy atom. The largest absolute Gasteiger partial charge is 0.469 e. The zero-order valence-electron chi connectivity index (χ0n) is 13.1. The summed E-state index contributed by atoms with van der Waals surface area (Å²) in [6.45, 7) is 4.32. The van der Waals surface area contributed by atoms with Crippen LogP contribution in [0.5, 0.6) is 0 Å². The second-order valence-electron chi connectivity index (χ2n) is 5.44. The van der Waals surface area contributed by atoms with Gasteiger partial charge in [0.1, 0.15) is 0 Å². The number of guanidine groups is 1. The summed E-state index contributed by atoms with van der Waals surface area (Å²) in [6.07, 6.45) is 0.903. The maximum Gasteiger partial charge on any atom is 0.310 e. The summed E-state index contributed by atoms with van der Waals surface area (Å²) in [5, 5.41) is 3.35. The maximum absolute atomic E-state index is 11.8. The summed E-state index contributed by atoms with van der Waals surface area (Å²) < 4.78 is 5.68. The first kappa shape index (κ1) is 17.1. The lowest BCUT2D eigenvalue weighted by Gasteiger charge is -2.21. The first-order valence-electron chi connectivity index (χ1n) is 7.32. The number of aliphatic imine (C=N–C) groups is 1. The fraction of sp³-hybridized carbons (Fsp3) is 0.600. The molecule has 0 aromatic carbocycles. The zero-order chi connectivity index (χ0) is 16.1. The molecule has 2 rings (SSSR count). The van der Waals surface area contributed by atoms with Crippen LogP contribution in [0.1, 0.15) is 11.8 Å². The molecule has 1 aliphatic heterocycles. The van der Waals surface area contributed by atoms with Gasteiger partial charge in [0.05, 0.1) is 17.4 Å². The predicted molar refractivity (Wildman–Crippen MR) is 90.6 cm³/mol. The van der Waals surface area contributed by atoms with Gasteiger partial charge in [-0.15, -0.1) is 11.3 Å². The van der Waals surface area contributed by atoms with E-state index in [0.717, 1.165) is 29.8 Å². The van der Waals surface area contributed by atoms with E-state index in [1.807, 2.05) is 12.1 Å². The molecule has 2 atom stereocenters. The van der Waals surface area contributed by atoms with Gasteiger partial charge in [-0.25, -0.2) is 0 Å². The van der Waals surface area contributed by atoms with Crippen LogP contribution in [-0.4, -0.2) is 50.6 Å². The molecule has 7 heteroatoms. The van der Waals surface area contributed by atoms with E-state index in [-0.39, 0.29) is 17.8 Å². The van der Waals surface area contributed by atoms with Crippen molar-refractivity contribution < 1.29 is 9.53 Å². The quantitative estimate of drug-likeness (QED) is 0.517. The third-order valence-electron chi connectivity index (χ3n) is 3.91. The number of ether oxygens (including phenoxy) is 1. The lowest BCUT2D eigenvalue weighted by atomic mass is 9.99. The number of rotatable bonds is 4. The van der Waals surface area contributed by atoms with Crippen molar-refractivity contribution in [3.05, 3.63) is 21.3 Å². The van der Waals surface area contributed by atoms with E-state index in [9.17, 15) is 4.79 Å². The van der Waals surface area contributed by atoms with Gasteiger partial charge in [-0.1, -0.05) is 18.5 Å². The first-order chi connectivity index (χ1) is 10.5. The summed E-state index contributed by atoms with van der Waals surface area (Å²) in [7, 11) is 3.21. The van der Waals surface area contributed by atoms with E-state index < -0.39 is 0 Å². The summed E-state index contributed by atoms with van der Waals surface area (Å²) in [6, 6.07) is 3.96. The Morgan fingerprint density at radius 3 is 2.91 bits per heavy atom. The third-order valence-corrected chi connectivity index (χ3v) is 5.20. The van der Waals surface area contributed by atoms with Crippen LogP contribution in [0.25, 0.3) is 0 Å². The van der Waals surface area contributed by atoms with Crippen molar-refractivity contribution in [2.24, 2.45) is 16.8 Å². The van der Waals surface area contributed by atoms with Gasteiger partial charge in [0.2, 0.25) is 0 Å². The van der Waals surface area contributed by atoms with Gasteiger partial charge < -0.3 is 15.0 Å². The molecule has 122 valence electrons. The molecule has 1 aromatic heterocycles. The van der Waals surface area contributed by atoms with E-state index in [4.69, 9.17) is 16.3 Å². The molecule has 1 fully saturated rings. The zero-order valence-corrected chi connectivity index (χ0v) is 14.7. The molecule has 0 amide bonds. The molecule has 1 aromatic rings. The number of nitrogens with one attached hydrogen (secondary N) is 1. The Kier molecular flexibility index (Phi) is 6.08. The van der Waals surface area contributed by atoms with Crippen molar-refractivity contribution in [1.29, 1.82) is 0 Å². The minimum Gasteiger partial charge on any atom is -0.469 e. The van der Waals surface area contributed by atoms with Crippen molar-refractivity contribution in [3.8, 4) is 0 Å². The Labute approximate surface area is 140 Å². The number of esters is 1. The normalized spacial score (nSPS) is 22.0. The summed E-state index contributed by atoms with van der Waals surface area (Å²) in [5.74, 6) is 0.876. The molecule has 0 saturated carbocycles. The van der Waals surface area contributed by atoms with Crippen molar-refractivity contribution in [2.45, 2.75) is 13.3 Å². The summed E-state index contributed by atoms with van der Waals surface area (Å²) in [5.41, 5.74) is 0. The number of hydrogen-bond acceptors (Lipinski definition) is 4. The van der Waals surface area contributed by atoms with Gasteiger partial charge in [-0.05, 0) is 24.5 Å². The minimum atomic E-state index is -0.140. The fourth-order valence-electron chi connectivity index (χ4n) is 2.71. The average molecular weight is 344 g/mol. The Balaban J connectivity index is 1.86. The fourth-order valence-corrected chi connectivity index (χ4v) is 3.80. The van der Waals surface area contributed by atoms with Gasteiger partial charge in [-0.2, -0.15) is 0 Å². The molecule has 1 saturated heterocycles. The van der Waals surface area contributed by atoms with Crippen molar-refractivity contribution >= 4 is 34.9 Å². The highest BCUT2D eigenvalue weighted by Gasteiger charge is 2.36. The Morgan fingerprint density at radius 1 is 1.55 bits per heavy atom. The number of carbonyl (C=O) groups excluding carboxylic acids is 1. The monoisotopic (exact) mass is 343 g/mol. The summed E-state index contributed by atoms with van der Waals surface area (Å²) >= 11 is 7.53. The molecule has 2 unspecified atom stereocenters. The maximum atomic E-state index is 11.8. The van der Waals surface area contributed by atoms with Crippen LogP contribution >= 0.6 is 22.9 Å². The number of thiophene rings is 1. The standard InChI is InChI=1S/C15H22ClN3O2S/c1-10-8-19(9-12(10)14(20)21-3)15(17-2)18-7-6-11-4-5-13(16)22-11/h4-5,10,12H,6-9H2,1-3H3,(H,17,18). The SMILES string of the molecule is CN=C(NCCc1ccc(Cl)s1)N1CC(C)C(C(=O)OC)C1. The second kappa shape index (κ2) is 7.83. The number of likely N-dealkylation sites (tertiary alicyclic amines) is 1. The first-order valence-corrected chi connectivity index (χ1v) is 8.52. The van der Waals surface area contributed by atoms with Crippen LogP contribution in [0.4, 0.5) is 0 Å². The van der Waals surface area contributed by atoms with Crippen LogP contribution in [-0.2, 0) is 16.0 Å². The van der Waals surface area contributed by atoms with Crippen molar-refractivity contribution in [1.82, 2.24) is 10.2 Å². The number of methoxy groups -OCH3 is 1. The van der Waals surface area contributed by atoms with Gasteiger partial charge in [0, 0.05) is 31.6 Å². The van der Waals surface area contributed by atoms with Crippen molar-refractivity contribution in [2.75, 3.05) is 33.8 Å². The van der Waals surface area contributed by atoms with Crippen LogP contribution in [0.3, 0.4) is 0 Å². The number of nitrogens with zero attached hydrogens (tertiary/aromatic N) is 2. The van der Waals surface area contributed by atoms with Crippen LogP contribution in [0.15, 0.2) is 17.1 Å². The molecule has 1 aliphatic rings. The molecular weight excluding hydrogens is 322 g/mol. The van der Waals surface area contributed by atoms with Crippen molar-refractivity contribution in [3.63, 3.8) is 0 Å². The van der Waals surface area contributed by atoms with Gasteiger partial charge >= 0.3 is 5.97 Å². The molecular formula is C15H22ClN3O2S. The molecule has 0 aliphatic carbocycles.